The Morgan fingerprint density at radius 2 is 1.88 bits per heavy atom. The molecule has 24 heavy (non-hydrogen) atoms. The van der Waals surface area contributed by atoms with E-state index < -0.39 is 0 Å². The summed E-state index contributed by atoms with van der Waals surface area (Å²) in [5.74, 6) is 2.84. The lowest BCUT2D eigenvalue weighted by Gasteiger charge is -1.99. The van der Waals surface area contributed by atoms with Gasteiger partial charge in [-0.2, -0.15) is 0 Å². The fourth-order valence-electron chi connectivity index (χ4n) is 3.35. The van der Waals surface area contributed by atoms with Gasteiger partial charge in [0, 0.05) is 6.08 Å². The van der Waals surface area contributed by atoms with Crippen LogP contribution in [0.25, 0.3) is 23.2 Å². The summed E-state index contributed by atoms with van der Waals surface area (Å²) in [6.07, 6.45) is 4.32. The van der Waals surface area contributed by atoms with Crippen LogP contribution >= 0.6 is 0 Å². The van der Waals surface area contributed by atoms with Gasteiger partial charge >= 0.3 is 0 Å². The summed E-state index contributed by atoms with van der Waals surface area (Å²) in [4.78, 5) is 0. The van der Waals surface area contributed by atoms with Crippen molar-refractivity contribution in [2.75, 3.05) is 6.79 Å². The average molecular weight is 321 g/mol. The van der Waals surface area contributed by atoms with Gasteiger partial charge in [0.15, 0.2) is 22.5 Å². The number of hydrogen-bond acceptors (Lipinski definition) is 2. The van der Waals surface area contributed by atoms with Crippen molar-refractivity contribution >= 4 is 23.2 Å². The molecule has 0 amide bonds. The Bertz CT molecular complexity index is 884. The van der Waals surface area contributed by atoms with Gasteiger partial charge in [-0.3, -0.25) is 0 Å². The van der Waals surface area contributed by atoms with E-state index in [9.17, 15) is 0 Å². The van der Waals surface area contributed by atoms with Gasteiger partial charge in [-0.1, -0.05) is 18.2 Å². The third kappa shape index (κ3) is 2.35. The first-order valence-corrected chi connectivity index (χ1v) is 8.40. The first-order chi connectivity index (χ1) is 11.8. The molecule has 122 valence electrons. The van der Waals surface area contributed by atoms with Crippen LogP contribution in [0.2, 0.25) is 0 Å². The molecule has 0 aliphatic carbocycles. The van der Waals surface area contributed by atoms with E-state index in [-0.39, 0.29) is 0 Å². The molecule has 0 spiro atoms. The molecule has 1 aliphatic rings. The van der Waals surface area contributed by atoms with Crippen LogP contribution in [-0.2, 0) is 13.1 Å². The molecule has 1 aromatic heterocycles. The van der Waals surface area contributed by atoms with E-state index in [1.807, 2.05) is 12.1 Å². The van der Waals surface area contributed by atoms with Gasteiger partial charge in [0.25, 0.3) is 5.82 Å². The first kappa shape index (κ1) is 14.8. The van der Waals surface area contributed by atoms with Crippen LogP contribution in [0.15, 0.2) is 42.5 Å². The van der Waals surface area contributed by atoms with E-state index in [0.29, 0.717) is 6.79 Å². The van der Waals surface area contributed by atoms with Crippen LogP contribution in [-0.4, -0.2) is 11.4 Å². The Kier molecular flexibility index (Phi) is 3.73. The summed E-state index contributed by atoms with van der Waals surface area (Å²) in [7, 11) is 0. The number of rotatable bonds is 4. The number of para-hydroxylation sites is 2. The summed E-state index contributed by atoms with van der Waals surface area (Å²) in [6.45, 7) is 6.56. The first-order valence-electron chi connectivity index (χ1n) is 8.40. The van der Waals surface area contributed by atoms with E-state index in [4.69, 9.17) is 9.47 Å². The zero-order valence-electron chi connectivity index (χ0n) is 14.0. The minimum absolute atomic E-state index is 0.308. The van der Waals surface area contributed by atoms with E-state index in [0.717, 1.165) is 30.2 Å². The van der Waals surface area contributed by atoms with Crippen LogP contribution in [0.4, 0.5) is 0 Å². The highest BCUT2D eigenvalue weighted by atomic mass is 16.7. The number of fused-ring (bicyclic) bond motifs is 2. The number of aromatic nitrogens is 2. The smallest absolute Gasteiger partial charge is 0.282 e. The lowest BCUT2D eigenvalue weighted by atomic mass is 10.2. The number of ether oxygens (including phenoxy) is 2. The zero-order valence-corrected chi connectivity index (χ0v) is 14.0. The zero-order chi connectivity index (χ0) is 16.5. The van der Waals surface area contributed by atoms with Gasteiger partial charge in [0.1, 0.15) is 0 Å². The van der Waals surface area contributed by atoms with Crippen LogP contribution in [0, 0.1) is 0 Å². The quantitative estimate of drug-likeness (QED) is 0.682. The van der Waals surface area contributed by atoms with Crippen molar-refractivity contribution in [3.8, 4) is 11.5 Å². The maximum Gasteiger partial charge on any atom is 0.282 e. The molecule has 0 unspecified atom stereocenters. The molecular weight excluding hydrogens is 300 g/mol. The van der Waals surface area contributed by atoms with E-state index in [1.165, 1.54) is 16.9 Å². The maximum atomic E-state index is 5.46. The lowest BCUT2D eigenvalue weighted by molar-refractivity contribution is -0.670. The highest BCUT2D eigenvalue weighted by Gasteiger charge is 2.20. The maximum absolute atomic E-state index is 5.46. The third-order valence-corrected chi connectivity index (χ3v) is 4.47. The monoisotopic (exact) mass is 321 g/mol. The summed E-state index contributed by atoms with van der Waals surface area (Å²) in [6, 6.07) is 14.6. The van der Waals surface area contributed by atoms with Crippen molar-refractivity contribution < 1.29 is 14.0 Å². The third-order valence-electron chi connectivity index (χ3n) is 4.47. The molecule has 0 atom stereocenters. The Morgan fingerprint density at radius 3 is 2.71 bits per heavy atom. The highest BCUT2D eigenvalue weighted by Crippen LogP contribution is 2.33. The normalized spacial score (nSPS) is 13.2. The molecule has 0 saturated heterocycles. The molecule has 0 bridgehead atoms. The second-order valence-corrected chi connectivity index (χ2v) is 5.78. The second-order valence-electron chi connectivity index (χ2n) is 5.78. The van der Waals surface area contributed by atoms with Gasteiger partial charge in [-0.15, -0.1) is 0 Å². The van der Waals surface area contributed by atoms with Crippen molar-refractivity contribution in [1.82, 2.24) is 4.57 Å². The fourth-order valence-corrected chi connectivity index (χ4v) is 3.35. The Balaban J connectivity index is 1.79. The highest BCUT2D eigenvalue weighted by molar-refractivity contribution is 5.76. The average Bonchev–Trinajstić information content (AvgIpc) is 3.20. The van der Waals surface area contributed by atoms with Gasteiger partial charge in [-0.05, 0) is 49.8 Å². The summed E-state index contributed by atoms with van der Waals surface area (Å²) in [5.41, 5.74) is 3.65. The largest absolute Gasteiger partial charge is 0.454 e. The lowest BCUT2D eigenvalue weighted by Crippen LogP contribution is -2.35. The summed E-state index contributed by atoms with van der Waals surface area (Å²) >= 11 is 0. The van der Waals surface area contributed by atoms with Crippen molar-refractivity contribution in [3.05, 3.63) is 53.9 Å². The molecule has 3 aromatic rings. The van der Waals surface area contributed by atoms with Crippen molar-refractivity contribution in [2.45, 2.75) is 26.9 Å². The predicted octanol–water partition coefficient (Wildman–Crippen LogP) is 3.87. The molecular formula is C20H21N2O2+. The molecule has 0 fully saturated rings. The van der Waals surface area contributed by atoms with Crippen LogP contribution in [0.5, 0.6) is 11.5 Å². The molecule has 0 N–H and O–H groups in total. The fraction of sp³-hybridized carbons (Fsp3) is 0.250. The van der Waals surface area contributed by atoms with Crippen LogP contribution < -0.4 is 14.0 Å². The predicted molar refractivity (Wildman–Crippen MR) is 95.0 cm³/mol. The van der Waals surface area contributed by atoms with Crippen LogP contribution in [0.1, 0.15) is 25.2 Å². The molecule has 4 heteroatoms. The SMILES string of the molecule is CCn1c(C=Cc2ccc3c(c2)OCO3)[n+](CC)c2ccccc21. The topological polar surface area (TPSA) is 27.3 Å². The number of hydrogen-bond donors (Lipinski definition) is 0. The van der Waals surface area contributed by atoms with Crippen molar-refractivity contribution in [3.63, 3.8) is 0 Å². The van der Waals surface area contributed by atoms with Crippen molar-refractivity contribution in [1.29, 1.82) is 0 Å². The van der Waals surface area contributed by atoms with E-state index in [1.54, 1.807) is 0 Å². The summed E-state index contributed by atoms with van der Waals surface area (Å²) in [5, 5.41) is 0. The molecule has 2 aromatic carbocycles. The van der Waals surface area contributed by atoms with E-state index in [2.05, 4.69) is 65.5 Å². The number of nitrogens with zero attached hydrogens (tertiary/aromatic N) is 2. The molecule has 1 aliphatic heterocycles. The molecule has 2 heterocycles. The van der Waals surface area contributed by atoms with Gasteiger partial charge < -0.3 is 9.47 Å². The number of benzene rings is 2. The number of aryl methyl sites for hydroxylation is 2. The Hall–Kier alpha value is -2.75. The van der Waals surface area contributed by atoms with Crippen LogP contribution in [0.3, 0.4) is 0 Å². The van der Waals surface area contributed by atoms with Gasteiger partial charge in [-0.25, -0.2) is 9.13 Å². The molecule has 4 nitrogen and oxygen atoms in total. The second kappa shape index (κ2) is 6.04. The Labute approximate surface area is 141 Å². The Morgan fingerprint density at radius 1 is 1.04 bits per heavy atom. The minimum Gasteiger partial charge on any atom is -0.454 e. The minimum atomic E-state index is 0.308. The van der Waals surface area contributed by atoms with Crippen molar-refractivity contribution in [2.24, 2.45) is 0 Å². The molecule has 0 radical (unpaired) electrons. The van der Waals surface area contributed by atoms with Gasteiger partial charge in [0.05, 0.1) is 13.1 Å². The number of imidazole rings is 1. The molecule has 0 saturated carbocycles. The van der Waals surface area contributed by atoms with E-state index >= 15 is 0 Å². The standard InChI is InChI=1S/C20H21N2O2/c1-3-21-16-7-5-6-8-17(16)22(4-2)20(21)12-10-15-9-11-18-19(13-15)24-14-23-18/h5-13H,3-4,14H2,1-2H3/q+1. The van der Waals surface area contributed by atoms with Gasteiger partial charge in [0.2, 0.25) is 6.79 Å². The summed E-state index contributed by atoms with van der Waals surface area (Å²) < 4.78 is 15.5. The molecule has 4 rings (SSSR count).